The predicted molar refractivity (Wildman–Crippen MR) is 65.1 cm³/mol. The smallest absolute Gasteiger partial charge is 0.193 e. The summed E-state index contributed by atoms with van der Waals surface area (Å²) in [6.07, 6.45) is 4.75. The van der Waals surface area contributed by atoms with Gasteiger partial charge in [0.1, 0.15) is 0 Å². The minimum atomic E-state index is 0.648. The lowest BCUT2D eigenvalue weighted by Gasteiger charge is -2.22. The molecule has 0 bridgehead atoms. The third-order valence-electron chi connectivity index (χ3n) is 2.57. The standard InChI is InChI=1S/C10H21N3S/c1-9(14-3)8-12-10(11-2)13-6-4-5-7-13/h9H,4-8H2,1-3H3,(H,11,12). The van der Waals surface area contributed by atoms with Gasteiger partial charge in [-0.3, -0.25) is 4.99 Å². The van der Waals surface area contributed by atoms with E-state index in [2.05, 4.69) is 28.4 Å². The van der Waals surface area contributed by atoms with Crippen LogP contribution in [0.25, 0.3) is 0 Å². The van der Waals surface area contributed by atoms with Gasteiger partial charge in [0.05, 0.1) is 0 Å². The minimum Gasteiger partial charge on any atom is -0.355 e. The molecule has 4 heteroatoms. The zero-order valence-electron chi connectivity index (χ0n) is 9.42. The van der Waals surface area contributed by atoms with Gasteiger partial charge in [-0.1, -0.05) is 6.92 Å². The van der Waals surface area contributed by atoms with Gasteiger partial charge in [-0.2, -0.15) is 11.8 Å². The van der Waals surface area contributed by atoms with Crippen molar-refractivity contribution in [3.63, 3.8) is 0 Å². The first kappa shape index (κ1) is 11.7. The average Bonchev–Trinajstić information content (AvgIpc) is 2.72. The van der Waals surface area contributed by atoms with Crippen LogP contribution in [0, 0.1) is 0 Å². The van der Waals surface area contributed by atoms with Gasteiger partial charge in [0.2, 0.25) is 0 Å². The molecule has 0 radical (unpaired) electrons. The van der Waals surface area contributed by atoms with Gasteiger partial charge in [-0.15, -0.1) is 0 Å². The Hall–Kier alpha value is -0.380. The Morgan fingerprint density at radius 3 is 2.64 bits per heavy atom. The molecule has 1 heterocycles. The fraction of sp³-hybridized carbons (Fsp3) is 0.900. The summed E-state index contributed by atoms with van der Waals surface area (Å²) in [7, 11) is 1.87. The van der Waals surface area contributed by atoms with Crippen LogP contribution in [0.2, 0.25) is 0 Å². The molecule has 82 valence electrons. The number of aliphatic imine (C=N–C) groups is 1. The van der Waals surface area contributed by atoms with E-state index in [0.717, 1.165) is 25.6 Å². The number of hydrogen-bond donors (Lipinski definition) is 1. The van der Waals surface area contributed by atoms with Gasteiger partial charge in [-0.05, 0) is 19.1 Å². The van der Waals surface area contributed by atoms with Crippen LogP contribution in [0.5, 0.6) is 0 Å². The van der Waals surface area contributed by atoms with E-state index in [1.807, 2.05) is 18.8 Å². The second-order valence-electron chi connectivity index (χ2n) is 3.67. The molecule has 0 aromatic rings. The first-order valence-corrected chi connectivity index (χ1v) is 6.55. The molecule has 1 N–H and O–H groups in total. The number of nitrogens with one attached hydrogen (secondary N) is 1. The summed E-state index contributed by atoms with van der Waals surface area (Å²) in [5.74, 6) is 1.07. The molecule has 0 aromatic heterocycles. The normalized spacial score (nSPS) is 19.9. The van der Waals surface area contributed by atoms with Crippen molar-refractivity contribution in [1.29, 1.82) is 0 Å². The molecule has 0 spiro atoms. The Kier molecular flexibility index (Phi) is 5.15. The van der Waals surface area contributed by atoms with E-state index in [1.165, 1.54) is 12.8 Å². The van der Waals surface area contributed by atoms with Crippen molar-refractivity contribution in [3.05, 3.63) is 0 Å². The molecule has 1 fully saturated rings. The van der Waals surface area contributed by atoms with Crippen LogP contribution in [0.1, 0.15) is 19.8 Å². The number of hydrogen-bond acceptors (Lipinski definition) is 2. The van der Waals surface area contributed by atoms with Crippen molar-refractivity contribution in [1.82, 2.24) is 10.2 Å². The molecule has 1 atom stereocenters. The Bertz CT molecular complexity index is 188. The monoisotopic (exact) mass is 215 g/mol. The first-order chi connectivity index (χ1) is 6.77. The maximum absolute atomic E-state index is 4.30. The van der Waals surface area contributed by atoms with Crippen molar-refractivity contribution in [2.75, 3.05) is 32.9 Å². The highest BCUT2D eigenvalue weighted by molar-refractivity contribution is 7.99. The van der Waals surface area contributed by atoms with Crippen LogP contribution >= 0.6 is 11.8 Å². The second kappa shape index (κ2) is 6.17. The summed E-state index contributed by atoms with van der Waals surface area (Å²) in [6.45, 7) is 5.56. The molecule has 1 unspecified atom stereocenters. The van der Waals surface area contributed by atoms with Crippen molar-refractivity contribution < 1.29 is 0 Å². The Morgan fingerprint density at radius 1 is 1.50 bits per heavy atom. The van der Waals surface area contributed by atoms with Gasteiger partial charge in [-0.25, -0.2) is 0 Å². The Labute approximate surface area is 91.3 Å². The maximum atomic E-state index is 4.30. The van der Waals surface area contributed by atoms with Crippen LogP contribution in [-0.4, -0.2) is 49.0 Å². The first-order valence-electron chi connectivity index (χ1n) is 5.26. The average molecular weight is 215 g/mol. The SMILES string of the molecule is CN=C(NCC(C)SC)N1CCCC1. The highest BCUT2D eigenvalue weighted by Gasteiger charge is 2.15. The van der Waals surface area contributed by atoms with Crippen molar-refractivity contribution in [2.24, 2.45) is 4.99 Å². The van der Waals surface area contributed by atoms with Crippen molar-refractivity contribution in [3.8, 4) is 0 Å². The lowest BCUT2D eigenvalue weighted by atomic mass is 10.4. The molecule has 0 saturated carbocycles. The van der Waals surface area contributed by atoms with Gasteiger partial charge < -0.3 is 10.2 Å². The summed E-state index contributed by atoms with van der Waals surface area (Å²) in [4.78, 5) is 6.64. The summed E-state index contributed by atoms with van der Waals surface area (Å²) in [6, 6.07) is 0. The third kappa shape index (κ3) is 3.40. The van der Waals surface area contributed by atoms with E-state index >= 15 is 0 Å². The summed E-state index contributed by atoms with van der Waals surface area (Å²) in [5, 5.41) is 4.06. The molecule has 1 saturated heterocycles. The predicted octanol–water partition coefficient (Wildman–Crippen LogP) is 1.41. The Morgan fingerprint density at radius 2 is 2.14 bits per heavy atom. The maximum Gasteiger partial charge on any atom is 0.193 e. The van der Waals surface area contributed by atoms with E-state index in [4.69, 9.17) is 0 Å². The minimum absolute atomic E-state index is 0.648. The molecule has 3 nitrogen and oxygen atoms in total. The van der Waals surface area contributed by atoms with Crippen LogP contribution in [0.4, 0.5) is 0 Å². The highest BCUT2D eigenvalue weighted by atomic mass is 32.2. The largest absolute Gasteiger partial charge is 0.355 e. The summed E-state index contributed by atoms with van der Waals surface area (Å²) in [5.41, 5.74) is 0. The number of likely N-dealkylation sites (tertiary alicyclic amines) is 1. The fourth-order valence-corrected chi connectivity index (χ4v) is 1.83. The Balaban J connectivity index is 2.32. The molecule has 1 aliphatic rings. The van der Waals surface area contributed by atoms with E-state index in [1.54, 1.807) is 0 Å². The number of rotatable bonds is 3. The van der Waals surface area contributed by atoms with E-state index < -0.39 is 0 Å². The van der Waals surface area contributed by atoms with Crippen molar-refractivity contribution >= 4 is 17.7 Å². The quantitative estimate of drug-likeness (QED) is 0.570. The molecular formula is C10H21N3S. The molecule has 1 rings (SSSR count). The van der Waals surface area contributed by atoms with E-state index in [-0.39, 0.29) is 0 Å². The molecule has 14 heavy (non-hydrogen) atoms. The van der Waals surface area contributed by atoms with Crippen LogP contribution < -0.4 is 5.32 Å². The van der Waals surface area contributed by atoms with Crippen molar-refractivity contribution in [2.45, 2.75) is 25.0 Å². The molecule has 0 aromatic carbocycles. The van der Waals surface area contributed by atoms with Crippen LogP contribution in [0.3, 0.4) is 0 Å². The van der Waals surface area contributed by atoms with E-state index in [9.17, 15) is 0 Å². The zero-order chi connectivity index (χ0) is 10.4. The fourth-order valence-electron chi connectivity index (χ4n) is 1.58. The molecule has 0 aliphatic carbocycles. The number of nitrogens with zero attached hydrogens (tertiary/aromatic N) is 2. The highest BCUT2D eigenvalue weighted by Crippen LogP contribution is 2.08. The van der Waals surface area contributed by atoms with Gasteiger partial charge >= 0.3 is 0 Å². The summed E-state index contributed by atoms with van der Waals surface area (Å²) < 4.78 is 0. The van der Waals surface area contributed by atoms with Gasteiger partial charge in [0.25, 0.3) is 0 Å². The van der Waals surface area contributed by atoms with Crippen LogP contribution in [0.15, 0.2) is 4.99 Å². The topological polar surface area (TPSA) is 27.6 Å². The second-order valence-corrected chi connectivity index (χ2v) is 4.94. The summed E-state index contributed by atoms with van der Waals surface area (Å²) >= 11 is 1.88. The lowest BCUT2D eigenvalue weighted by Crippen LogP contribution is -2.41. The van der Waals surface area contributed by atoms with Crippen LogP contribution in [-0.2, 0) is 0 Å². The van der Waals surface area contributed by atoms with Gasteiger partial charge in [0.15, 0.2) is 5.96 Å². The molecule has 1 aliphatic heterocycles. The lowest BCUT2D eigenvalue weighted by molar-refractivity contribution is 0.494. The molecule has 0 amide bonds. The molecular weight excluding hydrogens is 194 g/mol. The number of guanidine groups is 1. The zero-order valence-corrected chi connectivity index (χ0v) is 10.2. The van der Waals surface area contributed by atoms with Gasteiger partial charge in [0, 0.05) is 31.9 Å². The number of thioether (sulfide) groups is 1. The third-order valence-corrected chi connectivity index (χ3v) is 3.54. The van der Waals surface area contributed by atoms with E-state index in [0.29, 0.717) is 5.25 Å².